The maximum atomic E-state index is 8.88. The molecule has 0 aliphatic rings. The zero-order valence-corrected chi connectivity index (χ0v) is 6.68. The maximum absolute atomic E-state index is 8.88. The van der Waals surface area contributed by atoms with Crippen LogP contribution in [0.2, 0.25) is 0 Å². The fourth-order valence-electron chi connectivity index (χ4n) is 0. The van der Waals surface area contributed by atoms with E-state index in [4.69, 9.17) is 38.5 Å². The third-order valence-corrected chi connectivity index (χ3v) is 0. The topological polar surface area (TPSA) is 187 Å². The van der Waals surface area contributed by atoms with Gasteiger partial charge in [-0.3, -0.25) is 0 Å². The molecule has 9 nitrogen and oxygen atoms in total. The van der Waals surface area contributed by atoms with E-state index < -0.39 is 15.6 Å². The summed E-state index contributed by atoms with van der Waals surface area (Å²) < 4.78 is 17.8. The van der Waals surface area contributed by atoms with Gasteiger partial charge in [0.15, 0.2) is 0 Å². The van der Waals surface area contributed by atoms with E-state index in [1.165, 1.54) is 0 Å². The van der Waals surface area contributed by atoms with Crippen LogP contribution in [-0.2, 0) is 9.13 Å². The molecule has 0 rings (SSSR count). The Morgan fingerprint density at radius 1 is 0.615 bits per heavy atom. The van der Waals surface area contributed by atoms with E-state index in [1.807, 2.05) is 0 Å². The Morgan fingerprint density at radius 2 is 0.615 bits per heavy atom. The summed E-state index contributed by atoms with van der Waals surface area (Å²) in [5.41, 5.74) is 0. The third-order valence-electron chi connectivity index (χ3n) is 0. The second-order valence-corrected chi connectivity index (χ2v) is 3.08. The van der Waals surface area contributed by atoms with Gasteiger partial charge >= 0.3 is 91.1 Å². The standard InChI is InChI=1S/2Ca.2H3O4P.H2O.4H/c;;2*1-5(2,3)4;;;;;/h;;2*(H3,1,2,3,4);1H2;;;;. The van der Waals surface area contributed by atoms with Crippen molar-refractivity contribution >= 4 is 91.1 Å². The monoisotopic (exact) mass is 298 g/mol. The molecule has 0 heterocycles. The summed E-state index contributed by atoms with van der Waals surface area (Å²) >= 11 is 0. The summed E-state index contributed by atoms with van der Waals surface area (Å²) in [7, 11) is -9.28. The fourth-order valence-corrected chi connectivity index (χ4v) is 0. The van der Waals surface area contributed by atoms with Crippen LogP contribution in [0.25, 0.3) is 0 Å². The SMILES string of the molecule is O.O=P(O)(O)O.O=P(O)(O)O.[CaH2].[CaH2]. The minimum absolute atomic E-state index is 0. The van der Waals surface area contributed by atoms with Gasteiger partial charge in [-0.15, -0.1) is 0 Å². The van der Waals surface area contributed by atoms with E-state index in [0.29, 0.717) is 0 Å². The zero-order valence-electron chi connectivity index (χ0n) is 4.89. The van der Waals surface area contributed by atoms with Gasteiger partial charge in [-0.1, -0.05) is 0 Å². The molecule has 0 radical (unpaired) electrons. The Labute approximate surface area is 133 Å². The van der Waals surface area contributed by atoms with Crippen LogP contribution in [0.4, 0.5) is 0 Å². The minimum atomic E-state index is -4.64. The molecule has 0 unspecified atom stereocenters. The molecule has 8 N–H and O–H groups in total. The van der Waals surface area contributed by atoms with E-state index in [2.05, 4.69) is 0 Å². The van der Waals surface area contributed by atoms with Crippen LogP contribution in [0.15, 0.2) is 0 Å². The molecule has 0 amide bonds. The van der Waals surface area contributed by atoms with Crippen LogP contribution < -0.4 is 0 Å². The van der Waals surface area contributed by atoms with Crippen molar-refractivity contribution in [2.75, 3.05) is 0 Å². The molecule has 0 spiro atoms. The van der Waals surface area contributed by atoms with Crippen molar-refractivity contribution in [3.63, 3.8) is 0 Å². The first-order chi connectivity index (χ1) is 4.00. The van der Waals surface area contributed by atoms with Crippen molar-refractivity contribution in [1.29, 1.82) is 0 Å². The third kappa shape index (κ3) is 325. The molecular weight excluding hydrogens is 286 g/mol. The molecule has 0 aromatic heterocycles. The summed E-state index contributed by atoms with van der Waals surface area (Å²) in [6.45, 7) is 0. The van der Waals surface area contributed by atoms with Gasteiger partial charge in [-0.2, -0.15) is 0 Å². The Morgan fingerprint density at radius 3 is 0.615 bits per heavy atom. The van der Waals surface area contributed by atoms with E-state index >= 15 is 0 Å². The van der Waals surface area contributed by atoms with E-state index in [0.717, 1.165) is 0 Å². The molecule has 0 saturated carbocycles. The van der Waals surface area contributed by atoms with Crippen molar-refractivity contribution in [2.45, 2.75) is 0 Å². The quantitative estimate of drug-likeness (QED) is 0.190. The summed E-state index contributed by atoms with van der Waals surface area (Å²) in [5.74, 6) is 0. The number of hydrogen-bond donors (Lipinski definition) is 6. The van der Waals surface area contributed by atoms with Crippen molar-refractivity contribution < 1.29 is 44.0 Å². The van der Waals surface area contributed by atoms with Crippen LogP contribution in [-0.4, -0.2) is 110 Å². The summed E-state index contributed by atoms with van der Waals surface area (Å²) in [6.07, 6.45) is 0. The number of rotatable bonds is 0. The van der Waals surface area contributed by atoms with Gasteiger partial charge in [0.05, 0.1) is 0 Å². The van der Waals surface area contributed by atoms with Gasteiger partial charge in [-0.05, 0) is 0 Å². The van der Waals surface area contributed by atoms with Crippen molar-refractivity contribution in [2.24, 2.45) is 0 Å². The molecule has 0 atom stereocenters. The fraction of sp³-hybridized carbons (Fsp3) is 0. The Bertz CT molecular complexity index is 128. The second kappa shape index (κ2) is 12.8. The predicted molar refractivity (Wildman–Crippen MR) is 49.2 cm³/mol. The van der Waals surface area contributed by atoms with Gasteiger partial charge in [0.1, 0.15) is 0 Å². The number of hydrogen-bond acceptors (Lipinski definition) is 2. The molecule has 0 aromatic carbocycles. The first-order valence-electron chi connectivity index (χ1n) is 1.57. The average molecular weight is 298 g/mol. The zero-order chi connectivity index (χ0) is 9.00. The van der Waals surface area contributed by atoms with E-state index in [1.54, 1.807) is 0 Å². The van der Waals surface area contributed by atoms with Crippen LogP contribution >= 0.6 is 15.6 Å². The molecule has 0 aliphatic carbocycles. The first-order valence-corrected chi connectivity index (χ1v) is 4.70. The van der Waals surface area contributed by atoms with Crippen LogP contribution in [0.5, 0.6) is 0 Å². The van der Waals surface area contributed by atoms with Gasteiger partial charge < -0.3 is 34.8 Å². The van der Waals surface area contributed by atoms with E-state index in [9.17, 15) is 0 Å². The molecule has 13 heavy (non-hydrogen) atoms. The molecule has 0 fully saturated rings. The first kappa shape index (κ1) is 29.6. The summed E-state index contributed by atoms with van der Waals surface area (Å²) in [5, 5.41) is 0. The van der Waals surface area contributed by atoms with Gasteiger partial charge in [-0.25, -0.2) is 9.13 Å². The van der Waals surface area contributed by atoms with Crippen molar-refractivity contribution in [3.05, 3.63) is 0 Å². The van der Waals surface area contributed by atoms with Crippen LogP contribution in [0, 0.1) is 0 Å². The van der Waals surface area contributed by atoms with Gasteiger partial charge in [0.2, 0.25) is 0 Å². The normalized spacial score (nSPS) is 9.08. The summed E-state index contributed by atoms with van der Waals surface area (Å²) in [6, 6.07) is 0. The van der Waals surface area contributed by atoms with Gasteiger partial charge in [0, 0.05) is 0 Å². The molecular formula is H12Ca2O9P2. The Hall–Kier alpha value is 2.70. The van der Waals surface area contributed by atoms with Crippen LogP contribution in [0.1, 0.15) is 0 Å². The predicted octanol–water partition coefficient (Wildman–Crippen LogP) is -4.51. The van der Waals surface area contributed by atoms with Crippen LogP contribution in [0.3, 0.4) is 0 Å². The molecule has 0 saturated heterocycles. The Balaban J connectivity index is -0.0000000267. The number of phosphoric acid groups is 2. The second-order valence-electron chi connectivity index (χ2n) is 1.03. The van der Waals surface area contributed by atoms with Gasteiger partial charge in [0.25, 0.3) is 0 Å². The molecule has 0 aromatic rings. The molecule has 0 bridgehead atoms. The average Bonchev–Trinajstić information content (AvgIpc) is 1.12. The van der Waals surface area contributed by atoms with E-state index in [-0.39, 0.29) is 81.0 Å². The summed E-state index contributed by atoms with van der Waals surface area (Å²) in [4.78, 5) is 43.1. The Kier molecular flexibility index (Phi) is 29.1. The molecule has 80 valence electrons. The van der Waals surface area contributed by atoms with Crippen molar-refractivity contribution in [1.82, 2.24) is 0 Å². The molecule has 13 heteroatoms. The molecule has 0 aliphatic heterocycles. The van der Waals surface area contributed by atoms with Crippen molar-refractivity contribution in [3.8, 4) is 0 Å².